The van der Waals surface area contributed by atoms with Crippen LogP contribution in [0.15, 0.2) is 24.3 Å². The van der Waals surface area contributed by atoms with E-state index in [0.29, 0.717) is 31.8 Å². The summed E-state index contributed by atoms with van der Waals surface area (Å²) in [6.07, 6.45) is 0.718. The Balaban J connectivity index is 1.50. The molecule has 1 aromatic rings. The Bertz CT molecular complexity index is 694. The van der Waals surface area contributed by atoms with Crippen LogP contribution in [0.5, 0.6) is 0 Å². The summed E-state index contributed by atoms with van der Waals surface area (Å²) < 4.78 is 43.6. The van der Waals surface area contributed by atoms with Gasteiger partial charge in [0.2, 0.25) is 0 Å². The minimum Gasteiger partial charge on any atom is -0.462 e. The molecular weight excluding hydrogens is 371 g/mol. The number of hydrogen-bond acceptors (Lipinski definition) is 3. The largest absolute Gasteiger partial charge is 0.462 e. The van der Waals surface area contributed by atoms with Crippen LogP contribution in [0.25, 0.3) is 0 Å². The van der Waals surface area contributed by atoms with Gasteiger partial charge >= 0.3 is 12.1 Å². The van der Waals surface area contributed by atoms with Gasteiger partial charge < -0.3 is 9.64 Å². The van der Waals surface area contributed by atoms with Gasteiger partial charge in [-0.05, 0) is 62.3 Å². The molecule has 2 aliphatic rings. The molecule has 1 aliphatic heterocycles. The van der Waals surface area contributed by atoms with E-state index < -0.39 is 11.7 Å². The van der Waals surface area contributed by atoms with Crippen LogP contribution in [-0.4, -0.2) is 36.0 Å². The number of carbonyl (C=O) groups excluding carboxylic acids is 2. The third-order valence-corrected chi connectivity index (χ3v) is 5.75. The van der Waals surface area contributed by atoms with Crippen molar-refractivity contribution in [2.45, 2.75) is 57.7 Å². The SMILES string of the molecule is CC1CCCC(OC(=O)C2CCN(C(=O)c3ccc(C(F)(F)F)cc3)CC2)C1. The minimum atomic E-state index is -4.42. The van der Waals surface area contributed by atoms with Gasteiger partial charge in [-0.2, -0.15) is 13.2 Å². The Morgan fingerprint density at radius 1 is 1.04 bits per heavy atom. The third kappa shape index (κ3) is 5.06. The zero-order chi connectivity index (χ0) is 20.3. The lowest BCUT2D eigenvalue weighted by molar-refractivity contribution is -0.157. The van der Waals surface area contributed by atoms with E-state index in [1.54, 1.807) is 4.90 Å². The molecule has 2 fully saturated rings. The van der Waals surface area contributed by atoms with Crippen molar-refractivity contribution in [1.29, 1.82) is 0 Å². The summed E-state index contributed by atoms with van der Waals surface area (Å²) >= 11 is 0. The highest BCUT2D eigenvalue weighted by atomic mass is 19.4. The number of halogens is 3. The van der Waals surface area contributed by atoms with E-state index >= 15 is 0 Å². The second-order valence-electron chi connectivity index (χ2n) is 7.97. The number of ether oxygens (including phenoxy) is 1. The first-order chi connectivity index (χ1) is 13.2. The van der Waals surface area contributed by atoms with Crippen LogP contribution in [-0.2, 0) is 15.7 Å². The molecule has 1 heterocycles. The number of piperidine rings is 1. The highest BCUT2D eigenvalue weighted by molar-refractivity contribution is 5.94. The standard InChI is InChI=1S/C21H26F3NO3/c1-14-3-2-4-18(13-14)28-20(27)16-9-11-25(12-10-16)19(26)15-5-7-17(8-6-15)21(22,23)24/h5-8,14,16,18H,2-4,9-13H2,1H3. The maximum Gasteiger partial charge on any atom is 0.416 e. The van der Waals surface area contributed by atoms with Gasteiger partial charge in [0, 0.05) is 18.7 Å². The van der Waals surface area contributed by atoms with Gasteiger partial charge in [0.05, 0.1) is 11.5 Å². The minimum absolute atomic E-state index is 0.00283. The van der Waals surface area contributed by atoms with Crippen LogP contribution in [0.4, 0.5) is 13.2 Å². The van der Waals surface area contributed by atoms with E-state index in [-0.39, 0.29) is 29.5 Å². The molecule has 154 valence electrons. The van der Waals surface area contributed by atoms with Crippen molar-refractivity contribution in [1.82, 2.24) is 4.90 Å². The smallest absolute Gasteiger partial charge is 0.416 e. The van der Waals surface area contributed by atoms with E-state index in [1.165, 1.54) is 18.6 Å². The number of alkyl halides is 3. The number of carbonyl (C=O) groups is 2. The Morgan fingerprint density at radius 3 is 2.25 bits per heavy atom. The Kier molecular flexibility index (Phi) is 6.30. The van der Waals surface area contributed by atoms with E-state index in [9.17, 15) is 22.8 Å². The summed E-state index contributed by atoms with van der Waals surface area (Å²) in [5, 5.41) is 0. The van der Waals surface area contributed by atoms with Crippen LogP contribution in [0, 0.1) is 11.8 Å². The quantitative estimate of drug-likeness (QED) is 0.696. The topological polar surface area (TPSA) is 46.6 Å². The molecule has 0 radical (unpaired) electrons. The summed E-state index contributed by atoms with van der Waals surface area (Å²) in [4.78, 5) is 26.5. The molecule has 1 amide bonds. The van der Waals surface area contributed by atoms with Crippen LogP contribution in [0.2, 0.25) is 0 Å². The fourth-order valence-electron chi connectivity index (χ4n) is 4.05. The number of hydrogen-bond donors (Lipinski definition) is 0. The molecule has 4 nitrogen and oxygen atoms in total. The van der Waals surface area contributed by atoms with Crippen molar-refractivity contribution in [2.75, 3.05) is 13.1 Å². The van der Waals surface area contributed by atoms with E-state index in [0.717, 1.165) is 31.4 Å². The Hall–Kier alpha value is -2.05. The summed E-state index contributed by atoms with van der Waals surface area (Å²) in [7, 11) is 0. The molecule has 0 aromatic heterocycles. The van der Waals surface area contributed by atoms with Gasteiger partial charge in [0.25, 0.3) is 5.91 Å². The Labute approximate surface area is 163 Å². The number of rotatable bonds is 3. The van der Waals surface area contributed by atoms with Crippen LogP contribution in [0.3, 0.4) is 0 Å². The van der Waals surface area contributed by atoms with Crippen LogP contribution < -0.4 is 0 Å². The first-order valence-corrected chi connectivity index (χ1v) is 9.91. The first-order valence-electron chi connectivity index (χ1n) is 9.91. The number of esters is 1. The predicted molar refractivity (Wildman–Crippen MR) is 97.6 cm³/mol. The summed E-state index contributed by atoms with van der Waals surface area (Å²) in [5.41, 5.74) is -0.548. The van der Waals surface area contributed by atoms with Crippen molar-refractivity contribution >= 4 is 11.9 Å². The molecule has 1 aromatic carbocycles. The number of amides is 1. The van der Waals surface area contributed by atoms with E-state index in [4.69, 9.17) is 4.74 Å². The summed E-state index contributed by atoms with van der Waals surface area (Å²) in [6, 6.07) is 4.25. The maximum atomic E-state index is 12.6. The van der Waals surface area contributed by atoms with Crippen molar-refractivity contribution in [2.24, 2.45) is 11.8 Å². The van der Waals surface area contributed by atoms with Crippen molar-refractivity contribution in [3.8, 4) is 0 Å². The molecule has 2 atom stereocenters. The molecule has 0 spiro atoms. The fraction of sp³-hybridized carbons (Fsp3) is 0.619. The number of nitrogens with zero attached hydrogens (tertiary/aromatic N) is 1. The molecular formula is C21H26F3NO3. The molecule has 1 aliphatic carbocycles. The molecule has 0 bridgehead atoms. The monoisotopic (exact) mass is 397 g/mol. The van der Waals surface area contributed by atoms with Crippen molar-refractivity contribution in [3.63, 3.8) is 0 Å². The fourth-order valence-corrected chi connectivity index (χ4v) is 4.05. The molecule has 7 heteroatoms. The first kappa shape index (κ1) is 20.7. The van der Waals surface area contributed by atoms with Crippen molar-refractivity contribution < 1.29 is 27.5 Å². The molecule has 3 rings (SSSR count). The zero-order valence-electron chi connectivity index (χ0n) is 16.0. The lowest BCUT2D eigenvalue weighted by Gasteiger charge is -2.33. The lowest BCUT2D eigenvalue weighted by atomic mass is 9.88. The maximum absolute atomic E-state index is 12.6. The van der Waals surface area contributed by atoms with Gasteiger partial charge in [-0.3, -0.25) is 9.59 Å². The van der Waals surface area contributed by atoms with E-state index in [2.05, 4.69) is 6.92 Å². The highest BCUT2D eigenvalue weighted by Gasteiger charge is 2.33. The van der Waals surface area contributed by atoms with Gasteiger partial charge in [-0.25, -0.2) is 0 Å². The predicted octanol–water partition coefficient (Wildman–Crippen LogP) is 4.68. The molecule has 1 saturated heterocycles. The Morgan fingerprint density at radius 2 is 1.68 bits per heavy atom. The van der Waals surface area contributed by atoms with Gasteiger partial charge in [0.1, 0.15) is 6.10 Å². The second kappa shape index (κ2) is 8.53. The normalized spacial score (nSPS) is 24.1. The van der Waals surface area contributed by atoms with Gasteiger partial charge in [-0.15, -0.1) is 0 Å². The number of likely N-dealkylation sites (tertiary alicyclic amines) is 1. The zero-order valence-corrected chi connectivity index (χ0v) is 16.0. The third-order valence-electron chi connectivity index (χ3n) is 5.75. The molecule has 2 unspecified atom stereocenters. The lowest BCUT2D eigenvalue weighted by Crippen LogP contribution is -2.41. The average Bonchev–Trinajstić information content (AvgIpc) is 2.67. The number of benzene rings is 1. The van der Waals surface area contributed by atoms with Crippen molar-refractivity contribution in [3.05, 3.63) is 35.4 Å². The van der Waals surface area contributed by atoms with Gasteiger partial charge in [-0.1, -0.05) is 13.3 Å². The van der Waals surface area contributed by atoms with Crippen LogP contribution >= 0.6 is 0 Å². The van der Waals surface area contributed by atoms with Gasteiger partial charge in [0.15, 0.2) is 0 Å². The molecule has 0 N–H and O–H groups in total. The van der Waals surface area contributed by atoms with E-state index in [1.807, 2.05) is 0 Å². The summed E-state index contributed by atoms with van der Waals surface area (Å²) in [6.45, 7) is 2.98. The highest BCUT2D eigenvalue weighted by Crippen LogP contribution is 2.30. The summed E-state index contributed by atoms with van der Waals surface area (Å²) in [5.74, 6) is -0.119. The average molecular weight is 397 g/mol. The molecule has 1 saturated carbocycles. The molecule has 28 heavy (non-hydrogen) atoms. The van der Waals surface area contributed by atoms with Crippen LogP contribution in [0.1, 0.15) is 61.4 Å². The second-order valence-corrected chi connectivity index (χ2v) is 7.97.